The van der Waals surface area contributed by atoms with Gasteiger partial charge in [0.25, 0.3) is 0 Å². The van der Waals surface area contributed by atoms with Crippen molar-refractivity contribution in [2.24, 2.45) is 0 Å². The van der Waals surface area contributed by atoms with E-state index in [4.69, 9.17) is 5.11 Å². The number of amides is 1. The van der Waals surface area contributed by atoms with Crippen LogP contribution in [0.5, 0.6) is 11.5 Å². The Morgan fingerprint density at radius 2 is 1.93 bits per heavy atom. The average Bonchev–Trinajstić information content (AvgIpc) is 2.87. The van der Waals surface area contributed by atoms with Gasteiger partial charge in [-0.1, -0.05) is 0 Å². The number of likely N-dealkylation sites (tertiary alicyclic amines) is 1. The number of carbonyl (C=O) groups excluding carboxylic acids is 1. The first-order valence-electron chi connectivity index (χ1n) is 8.56. The van der Waals surface area contributed by atoms with Crippen LogP contribution in [0.1, 0.15) is 12.8 Å². The average molecular weight is 422 g/mol. The predicted molar refractivity (Wildman–Crippen MR) is 98.3 cm³/mol. The molecule has 0 atom stereocenters. The van der Waals surface area contributed by atoms with Crippen LogP contribution in [0.4, 0.5) is 14.5 Å². The van der Waals surface area contributed by atoms with E-state index in [9.17, 15) is 18.4 Å². The fourth-order valence-electron chi connectivity index (χ4n) is 3.29. The van der Waals surface area contributed by atoms with Gasteiger partial charge in [-0.25, -0.2) is 0 Å². The zero-order chi connectivity index (χ0) is 19.6. The van der Waals surface area contributed by atoms with E-state index >= 15 is 0 Å². The van der Waals surface area contributed by atoms with Gasteiger partial charge < -0.3 is 19.9 Å². The van der Waals surface area contributed by atoms with Crippen LogP contribution in [-0.2, 0) is 9.59 Å². The Morgan fingerprint density at radius 3 is 2.57 bits per heavy atom. The number of rotatable bonds is 6. The van der Waals surface area contributed by atoms with E-state index in [0.717, 1.165) is 12.8 Å². The Balaban J connectivity index is 0.00000280. The number of ether oxygens (including phenoxy) is 2. The van der Waals surface area contributed by atoms with Gasteiger partial charge in [0, 0.05) is 30.9 Å². The van der Waals surface area contributed by atoms with E-state index in [1.54, 1.807) is 7.05 Å². The molecule has 2 N–H and O–H groups in total. The van der Waals surface area contributed by atoms with Gasteiger partial charge in [-0.3, -0.25) is 19.4 Å². The molecule has 0 unspecified atom stereocenters. The van der Waals surface area contributed by atoms with Crippen molar-refractivity contribution in [3.05, 3.63) is 18.2 Å². The number of hydrogen-bond acceptors (Lipinski definition) is 6. The maximum atomic E-state index is 13.0. The van der Waals surface area contributed by atoms with E-state index in [2.05, 4.69) is 14.8 Å². The SMILES string of the molecule is CN(CC(=O)O)C1CCN(CC(=O)Nc2ccc3c(c2)OC(F)(F)O3)CC1.Cl. The summed E-state index contributed by atoms with van der Waals surface area (Å²) in [5, 5.41) is 11.5. The zero-order valence-corrected chi connectivity index (χ0v) is 16.0. The van der Waals surface area contributed by atoms with Crippen LogP contribution >= 0.6 is 12.4 Å². The second-order valence-electron chi connectivity index (χ2n) is 6.69. The number of alkyl halides is 2. The smallest absolute Gasteiger partial charge is 0.480 e. The molecule has 1 fully saturated rings. The summed E-state index contributed by atoms with van der Waals surface area (Å²) in [5.41, 5.74) is 0.344. The largest absolute Gasteiger partial charge is 0.586 e. The van der Waals surface area contributed by atoms with Crippen molar-refractivity contribution in [2.45, 2.75) is 25.2 Å². The molecule has 0 aromatic heterocycles. The van der Waals surface area contributed by atoms with Gasteiger partial charge >= 0.3 is 12.3 Å². The van der Waals surface area contributed by atoms with E-state index in [1.165, 1.54) is 18.2 Å². The molecule has 0 spiro atoms. The Bertz CT molecular complexity index is 729. The van der Waals surface area contributed by atoms with Crippen LogP contribution < -0.4 is 14.8 Å². The highest BCUT2D eigenvalue weighted by Gasteiger charge is 2.43. The topological polar surface area (TPSA) is 91.3 Å². The number of anilines is 1. The van der Waals surface area contributed by atoms with Crippen molar-refractivity contribution >= 4 is 30.0 Å². The molecule has 1 amide bonds. The molecule has 1 aromatic carbocycles. The van der Waals surface area contributed by atoms with Gasteiger partial charge in [0.05, 0.1) is 13.1 Å². The summed E-state index contributed by atoms with van der Waals surface area (Å²) >= 11 is 0. The second kappa shape index (κ2) is 8.89. The first-order chi connectivity index (χ1) is 12.7. The summed E-state index contributed by atoms with van der Waals surface area (Å²) < 4.78 is 34.7. The van der Waals surface area contributed by atoms with Crippen LogP contribution in [-0.4, -0.2) is 72.3 Å². The molecule has 2 aliphatic rings. The first-order valence-corrected chi connectivity index (χ1v) is 8.56. The maximum absolute atomic E-state index is 13.0. The summed E-state index contributed by atoms with van der Waals surface area (Å²) in [6.45, 7) is 1.51. The highest BCUT2D eigenvalue weighted by Crippen LogP contribution is 2.42. The van der Waals surface area contributed by atoms with Gasteiger partial charge in [-0.15, -0.1) is 21.2 Å². The minimum Gasteiger partial charge on any atom is -0.480 e. The second-order valence-corrected chi connectivity index (χ2v) is 6.69. The number of fused-ring (bicyclic) bond motifs is 1. The van der Waals surface area contributed by atoms with Crippen molar-refractivity contribution in [1.29, 1.82) is 0 Å². The summed E-state index contributed by atoms with van der Waals surface area (Å²) in [4.78, 5) is 26.8. The van der Waals surface area contributed by atoms with E-state index in [1.807, 2.05) is 9.80 Å². The molecule has 2 aliphatic heterocycles. The van der Waals surface area contributed by atoms with Crippen molar-refractivity contribution in [2.75, 3.05) is 38.5 Å². The Hall–Kier alpha value is -2.17. The molecule has 28 heavy (non-hydrogen) atoms. The van der Waals surface area contributed by atoms with Crippen molar-refractivity contribution in [3.8, 4) is 11.5 Å². The van der Waals surface area contributed by atoms with Crippen LogP contribution in [0.2, 0.25) is 0 Å². The highest BCUT2D eigenvalue weighted by molar-refractivity contribution is 5.92. The third kappa shape index (κ3) is 5.66. The summed E-state index contributed by atoms with van der Waals surface area (Å²) in [5.74, 6) is -1.33. The van der Waals surface area contributed by atoms with Gasteiger partial charge in [-0.2, -0.15) is 0 Å². The van der Waals surface area contributed by atoms with E-state index < -0.39 is 12.3 Å². The molecule has 0 aliphatic carbocycles. The van der Waals surface area contributed by atoms with Crippen LogP contribution in [0, 0.1) is 0 Å². The van der Waals surface area contributed by atoms with Crippen molar-refractivity contribution in [3.63, 3.8) is 0 Å². The van der Waals surface area contributed by atoms with Crippen molar-refractivity contribution in [1.82, 2.24) is 9.80 Å². The zero-order valence-electron chi connectivity index (χ0n) is 15.2. The van der Waals surface area contributed by atoms with Crippen LogP contribution in [0.3, 0.4) is 0 Å². The van der Waals surface area contributed by atoms with E-state index in [0.29, 0.717) is 18.8 Å². The highest BCUT2D eigenvalue weighted by atomic mass is 35.5. The minimum absolute atomic E-state index is 0. The number of nitrogens with zero attached hydrogens (tertiary/aromatic N) is 2. The molecule has 1 saturated heterocycles. The summed E-state index contributed by atoms with van der Waals surface area (Å²) in [7, 11) is 1.78. The summed E-state index contributed by atoms with van der Waals surface area (Å²) in [6.07, 6.45) is -2.14. The van der Waals surface area contributed by atoms with Gasteiger partial charge in [0.1, 0.15) is 0 Å². The molecule has 0 saturated carbocycles. The lowest BCUT2D eigenvalue weighted by atomic mass is 10.0. The number of halogens is 3. The quantitative estimate of drug-likeness (QED) is 0.724. The molecule has 156 valence electrons. The monoisotopic (exact) mass is 421 g/mol. The molecule has 1 aromatic rings. The maximum Gasteiger partial charge on any atom is 0.586 e. The number of nitrogens with one attached hydrogen (secondary N) is 1. The standard InChI is InChI=1S/C17H21F2N3O5.ClH/c1-21(10-16(24)25)12-4-6-22(7-5-12)9-15(23)20-11-2-3-13-14(8-11)27-17(18,19)26-13;/h2-3,8,12H,4-7,9-10H2,1H3,(H,20,23)(H,24,25);1H. The van der Waals surface area contributed by atoms with Crippen LogP contribution in [0.25, 0.3) is 0 Å². The molecular weight excluding hydrogens is 400 g/mol. The molecule has 11 heteroatoms. The summed E-state index contributed by atoms with van der Waals surface area (Å²) in [6, 6.07) is 4.25. The van der Waals surface area contributed by atoms with E-state index in [-0.39, 0.29) is 48.9 Å². The minimum atomic E-state index is -3.69. The van der Waals surface area contributed by atoms with Gasteiger partial charge in [0.15, 0.2) is 11.5 Å². The normalized spacial score (nSPS) is 18.6. The lowest BCUT2D eigenvalue weighted by molar-refractivity contribution is -0.286. The van der Waals surface area contributed by atoms with Crippen molar-refractivity contribution < 1.29 is 33.0 Å². The fraction of sp³-hybridized carbons (Fsp3) is 0.529. The number of piperidine rings is 1. The fourth-order valence-corrected chi connectivity index (χ4v) is 3.29. The molecule has 3 rings (SSSR count). The Morgan fingerprint density at radius 1 is 1.29 bits per heavy atom. The third-order valence-corrected chi connectivity index (χ3v) is 4.62. The van der Waals surface area contributed by atoms with Gasteiger partial charge in [-0.05, 0) is 32.0 Å². The number of hydrogen-bond donors (Lipinski definition) is 2. The first kappa shape index (κ1) is 22.1. The molecular formula is C17H22ClF2N3O5. The number of carboxylic acid groups (broad SMARTS) is 1. The predicted octanol–water partition coefficient (Wildman–Crippen LogP) is 1.85. The molecule has 0 bridgehead atoms. The third-order valence-electron chi connectivity index (χ3n) is 4.62. The molecule has 0 radical (unpaired) electrons. The Labute approximate surface area is 166 Å². The van der Waals surface area contributed by atoms with Crippen LogP contribution in [0.15, 0.2) is 18.2 Å². The lowest BCUT2D eigenvalue weighted by Gasteiger charge is -2.35. The van der Waals surface area contributed by atoms with Gasteiger partial charge in [0.2, 0.25) is 5.91 Å². The number of carboxylic acids is 1. The lowest BCUT2D eigenvalue weighted by Crippen LogP contribution is -2.46. The number of likely N-dealkylation sites (N-methyl/N-ethyl adjacent to an activating group) is 1. The Kier molecular flexibility index (Phi) is 7.02. The molecule has 8 nitrogen and oxygen atoms in total. The number of benzene rings is 1. The number of aliphatic carboxylic acids is 1. The number of carbonyl (C=O) groups is 2. The molecule has 2 heterocycles.